The van der Waals surface area contributed by atoms with E-state index in [2.05, 4.69) is 4.98 Å². The SMILES string of the molecule is NC(=O)c1ccc2c(c1)C([C@H](c1ncc(F)cc1Cl)C(F)(F)F)N(C1CCC(=O)NC1=O)C2=O. The molecule has 4 rings (SSSR count). The van der Waals surface area contributed by atoms with Gasteiger partial charge in [0.15, 0.2) is 0 Å². The summed E-state index contributed by atoms with van der Waals surface area (Å²) in [6, 6.07) is 0.683. The van der Waals surface area contributed by atoms with Crippen molar-refractivity contribution in [1.29, 1.82) is 0 Å². The van der Waals surface area contributed by atoms with E-state index < -0.39 is 64.3 Å². The number of primary amides is 1. The van der Waals surface area contributed by atoms with Crippen molar-refractivity contribution in [1.82, 2.24) is 15.2 Å². The number of hydrogen-bond acceptors (Lipinski definition) is 5. The second kappa shape index (κ2) is 8.35. The summed E-state index contributed by atoms with van der Waals surface area (Å²) in [6.45, 7) is 0. The van der Waals surface area contributed by atoms with Crippen LogP contribution in [0, 0.1) is 5.82 Å². The van der Waals surface area contributed by atoms with Crippen LogP contribution in [0.25, 0.3) is 0 Å². The van der Waals surface area contributed by atoms with E-state index in [1.807, 2.05) is 5.32 Å². The van der Waals surface area contributed by atoms with Crippen molar-refractivity contribution in [3.8, 4) is 0 Å². The van der Waals surface area contributed by atoms with Crippen LogP contribution in [-0.2, 0) is 9.59 Å². The summed E-state index contributed by atoms with van der Waals surface area (Å²) in [7, 11) is 0. The van der Waals surface area contributed by atoms with E-state index in [1.165, 1.54) is 6.07 Å². The third-order valence-electron chi connectivity index (χ3n) is 5.76. The molecule has 0 spiro atoms. The van der Waals surface area contributed by atoms with Gasteiger partial charge in [-0.2, -0.15) is 13.2 Å². The molecular weight excluding hydrogens is 484 g/mol. The number of rotatable bonds is 4. The quantitative estimate of drug-likeness (QED) is 0.495. The summed E-state index contributed by atoms with van der Waals surface area (Å²) in [5.74, 6) is -7.02. The second-order valence-electron chi connectivity index (χ2n) is 7.83. The van der Waals surface area contributed by atoms with Gasteiger partial charge < -0.3 is 10.6 Å². The van der Waals surface area contributed by atoms with Crippen molar-refractivity contribution in [3.05, 3.63) is 63.7 Å². The first kappa shape index (κ1) is 23.6. The molecule has 178 valence electrons. The Balaban J connectivity index is 1.96. The lowest BCUT2D eigenvalue weighted by Crippen LogP contribution is -2.55. The molecule has 3 heterocycles. The minimum atomic E-state index is -5.08. The van der Waals surface area contributed by atoms with Crippen molar-refractivity contribution in [2.75, 3.05) is 0 Å². The molecule has 0 aliphatic carbocycles. The largest absolute Gasteiger partial charge is 0.399 e. The number of imide groups is 1. The van der Waals surface area contributed by atoms with Gasteiger partial charge in [-0.05, 0) is 36.2 Å². The Morgan fingerprint density at radius 2 is 1.94 bits per heavy atom. The highest BCUT2D eigenvalue weighted by Gasteiger charge is 2.57. The van der Waals surface area contributed by atoms with Gasteiger partial charge in [0.2, 0.25) is 17.7 Å². The number of fused-ring (bicyclic) bond motifs is 1. The van der Waals surface area contributed by atoms with E-state index in [4.69, 9.17) is 17.3 Å². The molecule has 0 bridgehead atoms. The summed E-state index contributed by atoms with van der Waals surface area (Å²) < 4.78 is 57.2. The lowest BCUT2D eigenvalue weighted by molar-refractivity contribution is -0.167. The van der Waals surface area contributed by atoms with Crippen LogP contribution in [0.5, 0.6) is 0 Å². The highest BCUT2D eigenvalue weighted by atomic mass is 35.5. The standard InChI is InChI=1S/C21H15ClF4N4O4/c22-12-6-9(23)7-28-16(12)15(21(24,25)26)17-11-5-8(18(27)32)1-2-10(11)20(34)30(17)13-3-4-14(31)29-19(13)33/h1-2,5-7,13,15,17H,3-4H2,(H2,27,32)(H,29,31,33)/t13?,15-,17?/m0/s1. The molecular formula is C21H15ClF4N4O4. The number of amides is 4. The minimum Gasteiger partial charge on any atom is -0.366 e. The average Bonchev–Trinajstić information content (AvgIpc) is 3.00. The third kappa shape index (κ3) is 3.98. The summed E-state index contributed by atoms with van der Waals surface area (Å²) >= 11 is 5.93. The number of nitrogens with one attached hydrogen (secondary N) is 1. The van der Waals surface area contributed by atoms with Crippen molar-refractivity contribution in [3.63, 3.8) is 0 Å². The van der Waals surface area contributed by atoms with Crippen LogP contribution in [0.2, 0.25) is 5.02 Å². The van der Waals surface area contributed by atoms with Gasteiger partial charge in [-0.3, -0.25) is 29.5 Å². The number of aromatic nitrogens is 1. The Bertz CT molecular complexity index is 1240. The molecule has 0 radical (unpaired) electrons. The molecule has 1 aromatic heterocycles. The Labute approximate surface area is 194 Å². The first-order valence-electron chi connectivity index (χ1n) is 9.88. The first-order valence-corrected chi connectivity index (χ1v) is 10.3. The number of carbonyl (C=O) groups excluding carboxylic acids is 4. The lowest BCUT2D eigenvalue weighted by atomic mass is 9.87. The zero-order valence-corrected chi connectivity index (χ0v) is 17.8. The molecule has 34 heavy (non-hydrogen) atoms. The minimum absolute atomic E-state index is 0.166. The number of piperidine rings is 1. The highest BCUT2D eigenvalue weighted by Crippen LogP contribution is 2.52. The number of carbonyl (C=O) groups is 4. The molecule has 8 nitrogen and oxygen atoms in total. The predicted molar refractivity (Wildman–Crippen MR) is 108 cm³/mol. The van der Waals surface area contributed by atoms with Crippen LogP contribution in [0.3, 0.4) is 0 Å². The molecule has 3 atom stereocenters. The fraction of sp³-hybridized carbons (Fsp3) is 0.286. The van der Waals surface area contributed by atoms with E-state index in [-0.39, 0.29) is 29.5 Å². The monoisotopic (exact) mass is 498 g/mol. The Morgan fingerprint density at radius 1 is 1.24 bits per heavy atom. The molecule has 2 aromatic rings. The molecule has 2 aliphatic rings. The van der Waals surface area contributed by atoms with Gasteiger partial charge in [0.1, 0.15) is 17.8 Å². The van der Waals surface area contributed by atoms with Crippen molar-refractivity contribution >= 4 is 35.2 Å². The third-order valence-corrected chi connectivity index (χ3v) is 6.07. The van der Waals surface area contributed by atoms with Crippen molar-refractivity contribution in [2.24, 2.45) is 5.73 Å². The number of hydrogen-bond donors (Lipinski definition) is 2. The number of benzene rings is 1. The van der Waals surface area contributed by atoms with Crippen LogP contribution in [-0.4, -0.2) is 45.7 Å². The number of nitrogens with zero attached hydrogens (tertiary/aromatic N) is 2. The molecule has 1 aromatic carbocycles. The molecule has 0 saturated carbocycles. The zero-order valence-electron chi connectivity index (χ0n) is 17.0. The van der Waals surface area contributed by atoms with E-state index in [9.17, 15) is 36.7 Å². The van der Waals surface area contributed by atoms with Crippen molar-refractivity contribution < 1.29 is 36.7 Å². The van der Waals surface area contributed by atoms with Crippen LogP contribution < -0.4 is 11.1 Å². The molecule has 1 fully saturated rings. The molecule has 2 unspecified atom stereocenters. The van der Waals surface area contributed by atoms with Crippen LogP contribution in [0.15, 0.2) is 30.5 Å². The summed E-state index contributed by atoms with van der Waals surface area (Å²) in [6.07, 6.45) is -4.96. The second-order valence-corrected chi connectivity index (χ2v) is 8.24. The van der Waals surface area contributed by atoms with E-state index in [0.717, 1.165) is 17.0 Å². The topological polar surface area (TPSA) is 122 Å². The Morgan fingerprint density at radius 3 is 2.53 bits per heavy atom. The van der Waals surface area contributed by atoms with Gasteiger partial charge >= 0.3 is 6.18 Å². The van der Waals surface area contributed by atoms with Crippen LogP contribution in [0.1, 0.15) is 56.8 Å². The number of pyridine rings is 1. The number of alkyl halides is 3. The van der Waals surface area contributed by atoms with Gasteiger partial charge in [-0.15, -0.1) is 0 Å². The van der Waals surface area contributed by atoms with Crippen LogP contribution >= 0.6 is 11.6 Å². The Hall–Kier alpha value is -3.54. The van der Waals surface area contributed by atoms with Gasteiger partial charge in [0, 0.05) is 17.5 Å². The van der Waals surface area contributed by atoms with Gasteiger partial charge in [-0.1, -0.05) is 11.6 Å². The van der Waals surface area contributed by atoms with Gasteiger partial charge in [0.05, 0.1) is 23.0 Å². The van der Waals surface area contributed by atoms with E-state index in [1.54, 1.807) is 0 Å². The van der Waals surface area contributed by atoms with Crippen LogP contribution in [0.4, 0.5) is 17.6 Å². The number of nitrogens with two attached hydrogens (primary N) is 1. The highest BCUT2D eigenvalue weighted by molar-refractivity contribution is 6.31. The maximum atomic E-state index is 14.5. The maximum Gasteiger partial charge on any atom is 0.399 e. The fourth-order valence-electron chi connectivity index (χ4n) is 4.33. The maximum absolute atomic E-state index is 14.5. The Kier molecular flexibility index (Phi) is 5.80. The first-order chi connectivity index (χ1) is 15.9. The zero-order chi connectivity index (χ0) is 24.9. The lowest BCUT2D eigenvalue weighted by Gasteiger charge is -2.38. The molecule has 13 heteroatoms. The smallest absolute Gasteiger partial charge is 0.366 e. The summed E-state index contributed by atoms with van der Waals surface area (Å²) in [5.41, 5.74) is 3.92. The molecule has 1 saturated heterocycles. The average molecular weight is 499 g/mol. The summed E-state index contributed by atoms with van der Waals surface area (Å²) in [4.78, 5) is 53.4. The van der Waals surface area contributed by atoms with E-state index >= 15 is 0 Å². The molecule has 4 amide bonds. The van der Waals surface area contributed by atoms with Gasteiger partial charge in [0.25, 0.3) is 5.91 Å². The van der Waals surface area contributed by atoms with E-state index in [0.29, 0.717) is 12.3 Å². The number of halogens is 5. The fourth-order valence-corrected chi connectivity index (χ4v) is 4.60. The normalized spacial score (nSPS) is 21.3. The molecule has 3 N–H and O–H groups in total. The summed E-state index contributed by atoms with van der Waals surface area (Å²) in [5, 5.41) is 1.38. The van der Waals surface area contributed by atoms with Gasteiger partial charge in [-0.25, -0.2) is 4.39 Å². The predicted octanol–water partition coefficient (Wildman–Crippen LogP) is 2.62. The molecule has 2 aliphatic heterocycles. The van der Waals surface area contributed by atoms with Crippen molar-refractivity contribution in [2.45, 2.75) is 37.0 Å².